The molecule has 2 aromatic rings. The topological polar surface area (TPSA) is 51.0 Å². The number of hydrogen-bond donors (Lipinski definition) is 0. The van der Waals surface area contributed by atoms with Crippen molar-refractivity contribution in [3.05, 3.63) is 41.7 Å². The third kappa shape index (κ3) is 5.58. The summed E-state index contributed by atoms with van der Waals surface area (Å²) < 4.78 is 106. The normalized spacial score (nSPS) is 17.4. The van der Waals surface area contributed by atoms with Crippen LogP contribution in [0.1, 0.15) is 24.0 Å². The van der Waals surface area contributed by atoms with Gasteiger partial charge in [0.05, 0.1) is 17.7 Å². The number of nitrogens with zero attached hydrogens (tertiary/aromatic N) is 4. The first kappa shape index (κ1) is 22.7. The van der Waals surface area contributed by atoms with Gasteiger partial charge in [0.1, 0.15) is 6.33 Å². The molecule has 3 rings (SSSR count). The second-order valence-corrected chi connectivity index (χ2v) is 6.88. The zero-order chi connectivity index (χ0) is 23.0. The fourth-order valence-electron chi connectivity index (χ4n) is 2.96. The number of alkyl halides is 8. The Morgan fingerprint density at radius 3 is 2.19 bits per heavy atom. The van der Waals surface area contributed by atoms with E-state index in [1.165, 1.54) is 0 Å². The van der Waals surface area contributed by atoms with Gasteiger partial charge in [-0.3, -0.25) is 4.79 Å². The first-order chi connectivity index (χ1) is 14.2. The molecule has 0 N–H and O–H groups in total. The molecule has 1 amide bonds. The highest BCUT2D eigenvalue weighted by atomic mass is 19.4. The van der Waals surface area contributed by atoms with E-state index < -0.39 is 53.2 Å². The number of carbonyl (C=O) groups is 1. The number of benzene rings is 1. The van der Waals surface area contributed by atoms with Crippen LogP contribution < -0.4 is 0 Å². The molecule has 13 heteroatoms. The van der Waals surface area contributed by atoms with Crippen LogP contribution in [0, 0.1) is 0 Å². The number of halogens is 8. The van der Waals surface area contributed by atoms with Crippen LogP contribution in [-0.2, 0) is 17.1 Å². The summed E-state index contributed by atoms with van der Waals surface area (Å²) in [6, 6.07) is 0.923. The molecule has 1 aliphatic rings. The van der Waals surface area contributed by atoms with Gasteiger partial charge < -0.3 is 4.90 Å². The number of hydrogen-bond acceptors (Lipinski definition) is 3. The molecule has 1 aromatic heterocycles. The Morgan fingerprint density at radius 1 is 1.03 bits per heavy atom. The average molecular weight is 454 g/mol. The van der Waals surface area contributed by atoms with Crippen LogP contribution in [0.15, 0.2) is 30.6 Å². The Labute approximate surface area is 170 Å². The largest absolute Gasteiger partial charge is 0.416 e. The molecular formula is C18H14F8N4O. The van der Waals surface area contributed by atoms with E-state index in [1.54, 1.807) is 0 Å². The minimum atomic E-state index is -5.03. The van der Waals surface area contributed by atoms with Crippen LogP contribution in [0.25, 0.3) is 17.6 Å². The number of aromatic nitrogens is 3. The van der Waals surface area contributed by atoms with Crippen LogP contribution in [0.5, 0.6) is 0 Å². The molecule has 2 heterocycles. The van der Waals surface area contributed by atoms with Crippen molar-refractivity contribution in [3.63, 3.8) is 0 Å². The molecule has 0 spiro atoms. The number of carbonyl (C=O) groups excluding carboxylic acids is 1. The number of piperidine rings is 1. The summed E-state index contributed by atoms with van der Waals surface area (Å²) >= 11 is 0. The van der Waals surface area contributed by atoms with Crippen LogP contribution in [0.2, 0.25) is 0 Å². The number of amides is 1. The quantitative estimate of drug-likeness (QED) is 0.499. The SMILES string of the molecule is O=C(/C=C\n1cnc(-c2cc(C(F)(F)F)cc(C(F)(F)F)c2)n1)N1CCCC(F)(F)C1. The summed E-state index contributed by atoms with van der Waals surface area (Å²) in [4.78, 5) is 16.6. The highest BCUT2D eigenvalue weighted by molar-refractivity contribution is 5.90. The van der Waals surface area contributed by atoms with Gasteiger partial charge in [0.2, 0.25) is 5.91 Å². The zero-order valence-corrected chi connectivity index (χ0v) is 15.5. The number of likely N-dealkylation sites (tertiary alicyclic amines) is 1. The zero-order valence-electron chi connectivity index (χ0n) is 15.5. The van der Waals surface area contributed by atoms with E-state index in [-0.39, 0.29) is 25.5 Å². The van der Waals surface area contributed by atoms with Crippen LogP contribution in [0.3, 0.4) is 0 Å². The summed E-state index contributed by atoms with van der Waals surface area (Å²) in [5, 5.41) is 3.74. The lowest BCUT2D eigenvalue weighted by molar-refractivity contribution is -0.143. The van der Waals surface area contributed by atoms with Crippen molar-refractivity contribution >= 4 is 12.1 Å². The van der Waals surface area contributed by atoms with Crippen LogP contribution in [-0.4, -0.2) is 44.6 Å². The second kappa shape index (κ2) is 7.93. The summed E-state index contributed by atoms with van der Waals surface area (Å²) in [7, 11) is 0. The molecule has 0 bridgehead atoms. The third-order valence-corrected chi connectivity index (χ3v) is 4.43. The maximum Gasteiger partial charge on any atom is 0.416 e. The molecule has 0 unspecified atom stereocenters. The van der Waals surface area contributed by atoms with E-state index in [0.29, 0.717) is 12.1 Å². The lowest BCUT2D eigenvalue weighted by Gasteiger charge is -2.31. The van der Waals surface area contributed by atoms with Gasteiger partial charge in [-0.05, 0) is 24.6 Å². The minimum absolute atomic E-state index is 0.0204. The smallest absolute Gasteiger partial charge is 0.333 e. The highest BCUT2D eigenvalue weighted by Crippen LogP contribution is 2.38. The Morgan fingerprint density at radius 2 is 1.65 bits per heavy atom. The maximum atomic E-state index is 13.4. The van der Waals surface area contributed by atoms with E-state index in [0.717, 1.165) is 28.2 Å². The molecule has 1 saturated heterocycles. The first-order valence-corrected chi connectivity index (χ1v) is 8.81. The fourth-order valence-corrected chi connectivity index (χ4v) is 2.96. The fraction of sp³-hybridized carbons (Fsp3) is 0.389. The van der Waals surface area contributed by atoms with Gasteiger partial charge in [-0.15, -0.1) is 5.10 Å². The van der Waals surface area contributed by atoms with Gasteiger partial charge in [-0.1, -0.05) is 0 Å². The van der Waals surface area contributed by atoms with Crippen molar-refractivity contribution in [1.29, 1.82) is 0 Å². The van der Waals surface area contributed by atoms with E-state index in [4.69, 9.17) is 0 Å². The second-order valence-electron chi connectivity index (χ2n) is 6.88. The predicted molar refractivity (Wildman–Crippen MR) is 91.6 cm³/mol. The Kier molecular flexibility index (Phi) is 5.80. The Balaban J connectivity index is 1.83. The maximum absolute atomic E-state index is 13.4. The van der Waals surface area contributed by atoms with Crippen molar-refractivity contribution in [2.24, 2.45) is 0 Å². The summed E-state index contributed by atoms with van der Waals surface area (Å²) in [6.45, 7) is -0.616. The van der Waals surface area contributed by atoms with E-state index in [9.17, 15) is 39.9 Å². The van der Waals surface area contributed by atoms with Gasteiger partial charge in [-0.25, -0.2) is 18.4 Å². The molecule has 5 nitrogen and oxygen atoms in total. The summed E-state index contributed by atoms with van der Waals surface area (Å²) in [6.07, 6.45) is -7.38. The van der Waals surface area contributed by atoms with Crippen molar-refractivity contribution in [2.45, 2.75) is 31.1 Å². The molecule has 1 fully saturated rings. The van der Waals surface area contributed by atoms with E-state index in [1.807, 2.05) is 0 Å². The van der Waals surface area contributed by atoms with Crippen LogP contribution in [0.4, 0.5) is 35.1 Å². The highest BCUT2D eigenvalue weighted by Gasteiger charge is 2.38. The molecule has 1 aliphatic heterocycles. The Hall–Kier alpha value is -2.99. The predicted octanol–water partition coefficient (Wildman–Crippen LogP) is 4.71. The minimum Gasteiger partial charge on any atom is -0.333 e. The average Bonchev–Trinajstić information content (AvgIpc) is 3.12. The molecule has 31 heavy (non-hydrogen) atoms. The molecular weight excluding hydrogens is 440 g/mol. The third-order valence-electron chi connectivity index (χ3n) is 4.43. The van der Waals surface area contributed by atoms with Crippen LogP contribution >= 0.6 is 0 Å². The summed E-state index contributed by atoms with van der Waals surface area (Å²) in [5.41, 5.74) is -3.58. The van der Waals surface area contributed by atoms with Gasteiger partial charge in [-0.2, -0.15) is 26.3 Å². The lowest BCUT2D eigenvalue weighted by Crippen LogP contribution is -2.45. The molecule has 1 aromatic carbocycles. The van der Waals surface area contributed by atoms with E-state index in [2.05, 4.69) is 10.1 Å². The van der Waals surface area contributed by atoms with Crippen molar-refractivity contribution < 1.29 is 39.9 Å². The lowest BCUT2D eigenvalue weighted by atomic mass is 10.0. The molecule has 168 valence electrons. The molecule has 0 atom stereocenters. The van der Waals surface area contributed by atoms with Crippen molar-refractivity contribution in [1.82, 2.24) is 19.7 Å². The molecule has 0 aliphatic carbocycles. The van der Waals surface area contributed by atoms with E-state index >= 15 is 0 Å². The number of rotatable bonds is 3. The van der Waals surface area contributed by atoms with Gasteiger partial charge in [0.25, 0.3) is 5.92 Å². The Bertz CT molecular complexity index is 961. The molecule has 0 saturated carbocycles. The van der Waals surface area contributed by atoms with Gasteiger partial charge in [0, 0.05) is 30.8 Å². The summed E-state index contributed by atoms with van der Waals surface area (Å²) in [5.74, 6) is -4.19. The monoisotopic (exact) mass is 454 g/mol. The standard InChI is InChI=1S/C18H14F8N4O/c19-16(20)3-1-4-29(9-16)14(31)2-5-30-10-27-15(28-30)11-6-12(17(21,22)23)8-13(7-11)18(24,25)26/h2,5-8,10H,1,3-4,9H2/b5-2-. The van der Waals surface area contributed by atoms with Gasteiger partial charge >= 0.3 is 12.4 Å². The van der Waals surface area contributed by atoms with Gasteiger partial charge in [0.15, 0.2) is 5.82 Å². The first-order valence-electron chi connectivity index (χ1n) is 8.81. The molecule has 0 radical (unpaired) electrons. The van der Waals surface area contributed by atoms with Crippen molar-refractivity contribution in [3.8, 4) is 11.4 Å². The van der Waals surface area contributed by atoms with Crippen molar-refractivity contribution in [2.75, 3.05) is 13.1 Å².